The lowest BCUT2D eigenvalue weighted by atomic mass is 10.2. The number of hydrogen-bond acceptors (Lipinski definition) is 3. The van der Waals surface area contributed by atoms with E-state index in [2.05, 4.69) is 28.9 Å². The molecule has 1 aliphatic rings. The molecule has 0 bridgehead atoms. The van der Waals surface area contributed by atoms with E-state index in [1.807, 2.05) is 12.1 Å². The van der Waals surface area contributed by atoms with Gasteiger partial charge in [0.05, 0.1) is 6.10 Å². The molecule has 0 aromatic heterocycles. The maximum atomic E-state index is 9.25. The van der Waals surface area contributed by atoms with Crippen LogP contribution in [0.4, 0.5) is 0 Å². The van der Waals surface area contributed by atoms with Crippen LogP contribution in [0, 0.1) is 6.92 Å². The molecule has 1 saturated heterocycles. The summed E-state index contributed by atoms with van der Waals surface area (Å²) >= 11 is 5.87. The first kappa shape index (κ1) is 13.8. The Hall–Kier alpha value is -0.610. The van der Waals surface area contributed by atoms with Crippen LogP contribution < -0.4 is 0 Å². The van der Waals surface area contributed by atoms with Crippen LogP contribution in [-0.2, 0) is 6.54 Å². The first-order chi connectivity index (χ1) is 8.63. The van der Waals surface area contributed by atoms with Crippen LogP contribution in [0.15, 0.2) is 24.3 Å². The van der Waals surface area contributed by atoms with Gasteiger partial charge in [0.15, 0.2) is 0 Å². The SMILES string of the molecule is [CH2]C(O)CN1CCN(Cc2ccc(Cl)cc2)CC1. The first-order valence-electron chi connectivity index (χ1n) is 6.34. The lowest BCUT2D eigenvalue weighted by Crippen LogP contribution is -2.47. The zero-order chi connectivity index (χ0) is 13.0. The third kappa shape index (κ3) is 4.25. The average Bonchev–Trinajstić information content (AvgIpc) is 2.34. The fourth-order valence-electron chi connectivity index (χ4n) is 2.28. The highest BCUT2D eigenvalue weighted by atomic mass is 35.5. The quantitative estimate of drug-likeness (QED) is 0.899. The van der Waals surface area contributed by atoms with Crippen molar-refractivity contribution in [2.75, 3.05) is 32.7 Å². The minimum Gasteiger partial charge on any atom is -0.392 e. The van der Waals surface area contributed by atoms with Crippen LogP contribution >= 0.6 is 11.6 Å². The molecule has 4 heteroatoms. The number of halogens is 1. The zero-order valence-electron chi connectivity index (χ0n) is 10.6. The third-order valence-corrected chi connectivity index (χ3v) is 3.51. The van der Waals surface area contributed by atoms with Crippen LogP contribution in [0.5, 0.6) is 0 Å². The maximum Gasteiger partial charge on any atom is 0.0668 e. The summed E-state index contributed by atoms with van der Waals surface area (Å²) in [6.07, 6.45) is -0.479. The van der Waals surface area contributed by atoms with E-state index in [0.717, 1.165) is 37.7 Å². The Bertz CT molecular complexity index is 359. The number of aliphatic hydroxyl groups is 1. The molecule has 1 aromatic carbocycles. The van der Waals surface area contributed by atoms with Gasteiger partial charge in [0, 0.05) is 44.3 Å². The van der Waals surface area contributed by atoms with Gasteiger partial charge in [0.25, 0.3) is 0 Å². The van der Waals surface area contributed by atoms with Gasteiger partial charge in [0.2, 0.25) is 0 Å². The summed E-state index contributed by atoms with van der Waals surface area (Å²) < 4.78 is 0. The first-order valence-corrected chi connectivity index (χ1v) is 6.71. The average molecular weight is 268 g/mol. The van der Waals surface area contributed by atoms with E-state index in [0.29, 0.717) is 6.54 Å². The lowest BCUT2D eigenvalue weighted by molar-refractivity contribution is 0.0872. The van der Waals surface area contributed by atoms with Crippen molar-refractivity contribution in [3.63, 3.8) is 0 Å². The van der Waals surface area contributed by atoms with E-state index in [1.54, 1.807) is 0 Å². The molecule has 1 aromatic rings. The second kappa shape index (κ2) is 6.53. The number of aliphatic hydroxyl groups excluding tert-OH is 1. The number of β-amino-alcohol motifs (C(OH)–C–C–N with tert-alkyl or cyclic N) is 1. The van der Waals surface area contributed by atoms with E-state index in [9.17, 15) is 5.11 Å². The van der Waals surface area contributed by atoms with Crippen molar-refractivity contribution in [2.24, 2.45) is 0 Å². The lowest BCUT2D eigenvalue weighted by Gasteiger charge is -2.35. The fraction of sp³-hybridized carbons (Fsp3) is 0.500. The Morgan fingerprint density at radius 3 is 2.22 bits per heavy atom. The highest BCUT2D eigenvalue weighted by molar-refractivity contribution is 6.30. The van der Waals surface area contributed by atoms with E-state index in [-0.39, 0.29) is 0 Å². The van der Waals surface area contributed by atoms with Crippen molar-refractivity contribution in [1.82, 2.24) is 9.80 Å². The molecule has 0 amide bonds. The molecule has 99 valence electrons. The van der Waals surface area contributed by atoms with Gasteiger partial charge in [-0.05, 0) is 24.6 Å². The highest BCUT2D eigenvalue weighted by Gasteiger charge is 2.17. The Labute approximate surface area is 114 Å². The summed E-state index contributed by atoms with van der Waals surface area (Å²) in [5.74, 6) is 0. The minimum absolute atomic E-state index is 0.479. The monoisotopic (exact) mass is 267 g/mol. The van der Waals surface area contributed by atoms with Gasteiger partial charge in [-0.15, -0.1) is 0 Å². The predicted molar refractivity (Wildman–Crippen MR) is 74.5 cm³/mol. The smallest absolute Gasteiger partial charge is 0.0668 e. The summed E-state index contributed by atoms with van der Waals surface area (Å²) in [4.78, 5) is 4.69. The normalized spacial score (nSPS) is 19.9. The molecule has 1 unspecified atom stereocenters. The minimum atomic E-state index is -0.479. The second-order valence-corrected chi connectivity index (χ2v) is 5.29. The Kier molecular flexibility index (Phi) is 5.01. The molecule has 0 spiro atoms. The number of rotatable bonds is 4. The molecule has 1 atom stereocenters. The third-order valence-electron chi connectivity index (χ3n) is 3.25. The van der Waals surface area contributed by atoms with Crippen molar-refractivity contribution in [2.45, 2.75) is 12.6 Å². The van der Waals surface area contributed by atoms with Gasteiger partial charge in [-0.3, -0.25) is 9.80 Å². The van der Waals surface area contributed by atoms with Gasteiger partial charge in [-0.1, -0.05) is 23.7 Å². The van der Waals surface area contributed by atoms with E-state index in [1.165, 1.54) is 5.56 Å². The van der Waals surface area contributed by atoms with Gasteiger partial charge in [0.1, 0.15) is 0 Å². The van der Waals surface area contributed by atoms with Crippen LogP contribution in [0.3, 0.4) is 0 Å². The predicted octanol–water partition coefficient (Wildman–Crippen LogP) is 1.65. The molecule has 1 heterocycles. The summed E-state index contributed by atoms with van der Waals surface area (Å²) in [5.41, 5.74) is 1.30. The molecule has 1 radical (unpaired) electrons. The number of nitrogens with zero attached hydrogens (tertiary/aromatic N) is 2. The number of benzene rings is 1. The van der Waals surface area contributed by atoms with Crippen molar-refractivity contribution < 1.29 is 5.11 Å². The standard InChI is InChI=1S/C14H20ClN2O/c1-12(18)10-16-6-8-17(9-7-16)11-13-2-4-14(15)5-3-13/h2-5,12,18H,1,6-11H2. The Morgan fingerprint density at radius 2 is 1.67 bits per heavy atom. The highest BCUT2D eigenvalue weighted by Crippen LogP contribution is 2.12. The molecule has 0 aliphatic carbocycles. The van der Waals surface area contributed by atoms with E-state index < -0.39 is 6.10 Å². The second-order valence-electron chi connectivity index (χ2n) is 4.86. The molecular formula is C14H20ClN2O. The van der Waals surface area contributed by atoms with Crippen molar-refractivity contribution in [3.05, 3.63) is 41.8 Å². The summed E-state index contributed by atoms with van der Waals surface area (Å²) in [5, 5.41) is 10.0. The molecule has 18 heavy (non-hydrogen) atoms. The molecule has 3 nitrogen and oxygen atoms in total. The van der Waals surface area contributed by atoms with Gasteiger partial charge < -0.3 is 5.11 Å². The van der Waals surface area contributed by atoms with E-state index in [4.69, 9.17) is 11.6 Å². The summed E-state index contributed by atoms with van der Waals surface area (Å²) in [6.45, 7) is 9.34. The van der Waals surface area contributed by atoms with Crippen LogP contribution in [0.2, 0.25) is 5.02 Å². The van der Waals surface area contributed by atoms with Crippen molar-refractivity contribution >= 4 is 11.6 Å². The largest absolute Gasteiger partial charge is 0.392 e. The molecule has 1 aliphatic heterocycles. The molecule has 1 N–H and O–H groups in total. The maximum absolute atomic E-state index is 9.25. The fourth-order valence-corrected chi connectivity index (χ4v) is 2.40. The molecular weight excluding hydrogens is 248 g/mol. The molecule has 1 fully saturated rings. The van der Waals surface area contributed by atoms with E-state index >= 15 is 0 Å². The van der Waals surface area contributed by atoms with Crippen molar-refractivity contribution in [1.29, 1.82) is 0 Å². The van der Waals surface area contributed by atoms with Crippen LogP contribution in [-0.4, -0.2) is 53.7 Å². The van der Waals surface area contributed by atoms with Crippen LogP contribution in [0.25, 0.3) is 0 Å². The number of piperazine rings is 1. The van der Waals surface area contributed by atoms with Gasteiger partial charge in [-0.25, -0.2) is 0 Å². The topological polar surface area (TPSA) is 26.7 Å². The number of hydrogen-bond donors (Lipinski definition) is 1. The Morgan fingerprint density at radius 1 is 1.11 bits per heavy atom. The zero-order valence-corrected chi connectivity index (χ0v) is 11.3. The summed E-state index contributed by atoms with van der Waals surface area (Å²) in [6, 6.07) is 8.03. The van der Waals surface area contributed by atoms with Crippen molar-refractivity contribution in [3.8, 4) is 0 Å². The Balaban J connectivity index is 1.78. The van der Waals surface area contributed by atoms with Crippen LogP contribution in [0.1, 0.15) is 5.56 Å². The molecule has 0 saturated carbocycles. The van der Waals surface area contributed by atoms with Gasteiger partial charge >= 0.3 is 0 Å². The van der Waals surface area contributed by atoms with Gasteiger partial charge in [-0.2, -0.15) is 0 Å². The summed E-state index contributed by atoms with van der Waals surface area (Å²) in [7, 11) is 0. The molecule has 2 rings (SSSR count).